The Morgan fingerprint density at radius 2 is 1.76 bits per heavy atom. The van der Waals surface area contributed by atoms with Gasteiger partial charge < -0.3 is 14.6 Å². The minimum atomic E-state index is -0.290. The van der Waals surface area contributed by atoms with E-state index in [9.17, 15) is 5.11 Å². The van der Waals surface area contributed by atoms with Crippen molar-refractivity contribution >= 4 is 0 Å². The summed E-state index contributed by atoms with van der Waals surface area (Å²) in [5, 5.41) is 9.22. The molecule has 1 N–H and O–H groups in total. The molecule has 0 saturated carbocycles. The van der Waals surface area contributed by atoms with E-state index in [1.165, 1.54) is 0 Å². The zero-order valence-corrected chi connectivity index (χ0v) is 10.9. The van der Waals surface area contributed by atoms with Crippen LogP contribution < -0.4 is 4.74 Å². The van der Waals surface area contributed by atoms with Gasteiger partial charge in [0.05, 0.1) is 5.60 Å². The van der Waals surface area contributed by atoms with Crippen molar-refractivity contribution in [2.45, 2.75) is 51.4 Å². The first-order chi connectivity index (χ1) is 7.78. The summed E-state index contributed by atoms with van der Waals surface area (Å²) < 4.78 is 11.9. The zero-order chi connectivity index (χ0) is 12.7. The molecule has 1 saturated heterocycles. The Bertz CT molecular complexity index is 392. The van der Waals surface area contributed by atoms with Crippen LogP contribution in [0.5, 0.6) is 11.5 Å². The Balaban J connectivity index is 2.11. The number of aromatic hydroxyl groups is 1. The van der Waals surface area contributed by atoms with Crippen LogP contribution in [-0.2, 0) is 4.74 Å². The third-order valence-electron chi connectivity index (χ3n) is 3.11. The summed E-state index contributed by atoms with van der Waals surface area (Å²) in [6.45, 7) is 8.25. The molecule has 0 aromatic heterocycles. The molecule has 1 atom stereocenters. The van der Waals surface area contributed by atoms with E-state index < -0.39 is 0 Å². The maximum absolute atomic E-state index is 9.22. The summed E-state index contributed by atoms with van der Waals surface area (Å²) in [5.41, 5.74) is -0.438. The molecule has 1 fully saturated rings. The van der Waals surface area contributed by atoms with Crippen molar-refractivity contribution in [3.63, 3.8) is 0 Å². The van der Waals surface area contributed by atoms with Crippen molar-refractivity contribution in [1.29, 1.82) is 0 Å². The maximum Gasteiger partial charge on any atom is 0.130 e. The van der Waals surface area contributed by atoms with Gasteiger partial charge in [0.25, 0.3) is 0 Å². The average Bonchev–Trinajstić information content (AvgIpc) is 2.38. The smallest absolute Gasteiger partial charge is 0.130 e. The molecule has 1 unspecified atom stereocenters. The molecule has 3 heteroatoms. The molecule has 1 aliphatic rings. The third-order valence-corrected chi connectivity index (χ3v) is 3.11. The molecule has 0 spiro atoms. The summed E-state index contributed by atoms with van der Waals surface area (Å²) in [5.74, 6) is 1.02. The Labute approximate surface area is 102 Å². The number of phenolic OH excluding ortho intramolecular Hbond substituents is 1. The minimum absolute atomic E-state index is 0.0297. The highest BCUT2D eigenvalue weighted by Crippen LogP contribution is 2.39. The largest absolute Gasteiger partial charge is 0.508 e. The first kappa shape index (κ1) is 12.2. The van der Waals surface area contributed by atoms with Crippen LogP contribution in [0.1, 0.15) is 34.1 Å². The predicted molar refractivity (Wildman–Crippen MR) is 66.4 cm³/mol. The molecule has 2 rings (SSSR count). The summed E-state index contributed by atoms with van der Waals surface area (Å²) in [6, 6.07) is 6.81. The van der Waals surface area contributed by atoms with Gasteiger partial charge in [-0.05, 0) is 52.0 Å². The topological polar surface area (TPSA) is 38.7 Å². The summed E-state index contributed by atoms with van der Waals surface area (Å²) in [7, 11) is 0. The maximum atomic E-state index is 9.22. The lowest BCUT2D eigenvalue weighted by atomic mass is 9.97. The Morgan fingerprint density at radius 1 is 1.18 bits per heavy atom. The second-order valence-electron chi connectivity index (χ2n) is 5.77. The van der Waals surface area contributed by atoms with Crippen LogP contribution in [0.3, 0.4) is 0 Å². The van der Waals surface area contributed by atoms with Gasteiger partial charge in [0.2, 0.25) is 0 Å². The van der Waals surface area contributed by atoms with Crippen molar-refractivity contribution in [2.75, 3.05) is 0 Å². The molecule has 1 heterocycles. The first-order valence-electron chi connectivity index (χ1n) is 5.94. The SMILES string of the molecule is CC1(C)CC(Oc2ccc(O)cc2)C(C)(C)O1. The van der Waals surface area contributed by atoms with E-state index in [4.69, 9.17) is 9.47 Å². The van der Waals surface area contributed by atoms with Crippen LogP contribution in [0, 0.1) is 0 Å². The van der Waals surface area contributed by atoms with Crippen molar-refractivity contribution in [3.8, 4) is 11.5 Å². The van der Waals surface area contributed by atoms with Gasteiger partial charge in [-0.25, -0.2) is 0 Å². The van der Waals surface area contributed by atoms with Crippen LogP contribution >= 0.6 is 0 Å². The molecule has 0 radical (unpaired) electrons. The lowest BCUT2D eigenvalue weighted by Gasteiger charge is -2.27. The Morgan fingerprint density at radius 3 is 2.24 bits per heavy atom. The lowest BCUT2D eigenvalue weighted by molar-refractivity contribution is -0.0846. The predicted octanol–water partition coefficient (Wildman–Crippen LogP) is 3.12. The standard InChI is InChI=1S/C14H20O3/c1-13(2)9-12(14(3,4)17-13)16-11-7-5-10(15)6-8-11/h5-8,12,15H,9H2,1-4H3. The van der Waals surface area contributed by atoms with Crippen LogP contribution in [0.25, 0.3) is 0 Å². The van der Waals surface area contributed by atoms with E-state index in [1.54, 1.807) is 24.3 Å². The average molecular weight is 236 g/mol. The van der Waals surface area contributed by atoms with Crippen LogP contribution in [0.4, 0.5) is 0 Å². The molecule has 17 heavy (non-hydrogen) atoms. The van der Waals surface area contributed by atoms with Gasteiger partial charge >= 0.3 is 0 Å². The van der Waals surface area contributed by atoms with Crippen molar-refractivity contribution in [3.05, 3.63) is 24.3 Å². The molecule has 0 bridgehead atoms. The summed E-state index contributed by atoms with van der Waals surface area (Å²) in [4.78, 5) is 0. The van der Waals surface area contributed by atoms with Crippen LogP contribution in [0.15, 0.2) is 24.3 Å². The molecule has 1 aliphatic heterocycles. The Kier molecular flexibility index (Phi) is 2.82. The van der Waals surface area contributed by atoms with Gasteiger partial charge in [0.1, 0.15) is 23.2 Å². The zero-order valence-electron chi connectivity index (χ0n) is 10.9. The monoisotopic (exact) mass is 236 g/mol. The number of phenols is 1. The minimum Gasteiger partial charge on any atom is -0.508 e. The van der Waals surface area contributed by atoms with Crippen molar-refractivity contribution < 1.29 is 14.6 Å². The summed E-state index contributed by atoms with van der Waals surface area (Å²) in [6.07, 6.45) is 0.892. The van der Waals surface area contributed by atoms with Gasteiger partial charge in [0, 0.05) is 6.42 Å². The fourth-order valence-corrected chi connectivity index (χ4v) is 2.38. The number of ether oxygens (including phenoxy) is 2. The number of benzene rings is 1. The molecule has 0 aliphatic carbocycles. The van der Waals surface area contributed by atoms with Gasteiger partial charge in [-0.1, -0.05) is 0 Å². The molecular formula is C14H20O3. The highest BCUT2D eigenvalue weighted by molar-refractivity contribution is 5.30. The molecule has 1 aromatic carbocycles. The first-order valence-corrected chi connectivity index (χ1v) is 5.94. The highest BCUT2D eigenvalue weighted by atomic mass is 16.6. The second-order valence-corrected chi connectivity index (χ2v) is 5.77. The quantitative estimate of drug-likeness (QED) is 0.857. The van der Waals surface area contributed by atoms with E-state index in [-0.39, 0.29) is 23.1 Å². The fraction of sp³-hybridized carbons (Fsp3) is 0.571. The molecule has 94 valence electrons. The van der Waals surface area contributed by atoms with Crippen LogP contribution in [0.2, 0.25) is 0 Å². The van der Waals surface area contributed by atoms with E-state index >= 15 is 0 Å². The summed E-state index contributed by atoms with van der Waals surface area (Å²) >= 11 is 0. The highest BCUT2D eigenvalue weighted by Gasteiger charge is 2.47. The lowest BCUT2D eigenvalue weighted by Crippen LogP contribution is -2.36. The van der Waals surface area contributed by atoms with Gasteiger partial charge in [-0.2, -0.15) is 0 Å². The second kappa shape index (κ2) is 3.91. The third kappa shape index (κ3) is 2.72. The number of hydrogen-bond donors (Lipinski definition) is 1. The number of rotatable bonds is 2. The van der Waals surface area contributed by atoms with Crippen LogP contribution in [-0.4, -0.2) is 22.4 Å². The van der Waals surface area contributed by atoms with Gasteiger partial charge in [-0.3, -0.25) is 0 Å². The molecular weight excluding hydrogens is 216 g/mol. The van der Waals surface area contributed by atoms with E-state index in [2.05, 4.69) is 13.8 Å². The molecule has 0 amide bonds. The van der Waals surface area contributed by atoms with Gasteiger partial charge in [-0.15, -0.1) is 0 Å². The van der Waals surface area contributed by atoms with Crippen molar-refractivity contribution in [1.82, 2.24) is 0 Å². The normalized spacial score (nSPS) is 25.8. The Hall–Kier alpha value is -1.22. The molecule has 3 nitrogen and oxygen atoms in total. The van der Waals surface area contributed by atoms with E-state index in [0.717, 1.165) is 12.2 Å². The van der Waals surface area contributed by atoms with Gasteiger partial charge in [0.15, 0.2) is 0 Å². The van der Waals surface area contributed by atoms with Crippen molar-refractivity contribution in [2.24, 2.45) is 0 Å². The van der Waals surface area contributed by atoms with E-state index in [0.29, 0.717) is 0 Å². The molecule has 1 aromatic rings. The fourth-order valence-electron chi connectivity index (χ4n) is 2.38. The number of hydrogen-bond acceptors (Lipinski definition) is 3. The van der Waals surface area contributed by atoms with E-state index in [1.807, 2.05) is 13.8 Å².